The quantitative estimate of drug-likeness (QED) is 0.693. The predicted octanol–water partition coefficient (Wildman–Crippen LogP) is 2.09. The lowest BCUT2D eigenvalue weighted by molar-refractivity contribution is 0.329. The summed E-state index contributed by atoms with van der Waals surface area (Å²) in [5.74, 6) is 1.04. The maximum atomic E-state index is 12.8. The van der Waals surface area contributed by atoms with Crippen LogP contribution in [0.3, 0.4) is 0 Å². The van der Waals surface area contributed by atoms with Crippen molar-refractivity contribution < 1.29 is 8.42 Å². The third-order valence-electron chi connectivity index (χ3n) is 5.96. The predicted molar refractivity (Wildman–Crippen MR) is 116 cm³/mol. The van der Waals surface area contributed by atoms with E-state index < -0.39 is 10.0 Å². The standard InChI is InChI=1S/C20H28N8O2S/c1-27-14-18(13-23-27)31(29,30)28-9-7-17(8-10-28)25-20-22-12-15(11-21)19(26-20)24-16-5-3-2-4-6-16/h12-14,16-17H,2-10H2,1H3,(H2,22,24,25,26). The van der Waals surface area contributed by atoms with Crippen molar-refractivity contribution in [3.8, 4) is 6.07 Å². The van der Waals surface area contributed by atoms with Gasteiger partial charge in [-0.1, -0.05) is 19.3 Å². The Labute approximate surface area is 182 Å². The first-order valence-electron chi connectivity index (χ1n) is 10.7. The third-order valence-corrected chi connectivity index (χ3v) is 7.81. The lowest BCUT2D eigenvalue weighted by atomic mass is 9.95. The molecule has 11 heteroatoms. The van der Waals surface area contributed by atoms with Gasteiger partial charge in [-0.3, -0.25) is 4.68 Å². The van der Waals surface area contributed by atoms with Crippen LogP contribution in [-0.2, 0) is 17.1 Å². The first-order chi connectivity index (χ1) is 15.0. The van der Waals surface area contributed by atoms with Gasteiger partial charge in [-0.05, 0) is 25.7 Å². The summed E-state index contributed by atoms with van der Waals surface area (Å²) >= 11 is 0. The van der Waals surface area contributed by atoms with E-state index in [9.17, 15) is 13.7 Å². The van der Waals surface area contributed by atoms with E-state index >= 15 is 0 Å². The number of hydrogen-bond donors (Lipinski definition) is 2. The van der Waals surface area contributed by atoms with Crippen LogP contribution in [0.2, 0.25) is 0 Å². The highest BCUT2D eigenvalue weighted by Gasteiger charge is 2.30. The first-order valence-corrected chi connectivity index (χ1v) is 12.2. The van der Waals surface area contributed by atoms with Crippen molar-refractivity contribution in [2.24, 2.45) is 7.05 Å². The molecule has 0 radical (unpaired) electrons. The summed E-state index contributed by atoms with van der Waals surface area (Å²) < 4.78 is 28.5. The second kappa shape index (κ2) is 9.20. The van der Waals surface area contributed by atoms with Crippen molar-refractivity contribution in [3.05, 3.63) is 24.2 Å². The number of piperidine rings is 1. The van der Waals surface area contributed by atoms with Crippen molar-refractivity contribution in [2.45, 2.75) is 61.9 Å². The molecule has 0 unspecified atom stereocenters. The number of anilines is 2. The molecule has 2 aromatic heterocycles. The van der Waals surface area contributed by atoms with E-state index in [1.54, 1.807) is 13.2 Å². The van der Waals surface area contributed by atoms with Crippen molar-refractivity contribution in [2.75, 3.05) is 23.7 Å². The molecule has 1 aliphatic heterocycles. The highest BCUT2D eigenvalue weighted by Crippen LogP contribution is 2.25. The average Bonchev–Trinajstić information content (AvgIpc) is 3.22. The van der Waals surface area contributed by atoms with Crippen LogP contribution in [0.25, 0.3) is 0 Å². The Balaban J connectivity index is 1.38. The summed E-state index contributed by atoms with van der Waals surface area (Å²) in [6.07, 6.45) is 11.5. The molecule has 10 nitrogen and oxygen atoms in total. The van der Waals surface area contributed by atoms with Gasteiger partial charge in [0.15, 0.2) is 0 Å². The number of nitrogens with zero attached hydrogens (tertiary/aromatic N) is 6. The average molecular weight is 445 g/mol. The number of nitriles is 1. The normalized spacial score (nSPS) is 19.1. The van der Waals surface area contributed by atoms with E-state index in [-0.39, 0.29) is 10.9 Å². The second-order valence-electron chi connectivity index (χ2n) is 8.22. The molecular weight excluding hydrogens is 416 g/mol. The van der Waals surface area contributed by atoms with Crippen LogP contribution in [0.1, 0.15) is 50.5 Å². The zero-order valence-corrected chi connectivity index (χ0v) is 18.5. The maximum Gasteiger partial charge on any atom is 0.246 e. The zero-order valence-electron chi connectivity index (χ0n) is 17.7. The molecule has 166 valence electrons. The van der Waals surface area contributed by atoms with Gasteiger partial charge >= 0.3 is 0 Å². The van der Waals surface area contributed by atoms with Crippen LogP contribution in [0.5, 0.6) is 0 Å². The summed E-state index contributed by atoms with van der Waals surface area (Å²) in [5, 5.41) is 20.1. The molecule has 0 aromatic carbocycles. The van der Waals surface area contributed by atoms with Gasteiger partial charge in [0.2, 0.25) is 16.0 Å². The van der Waals surface area contributed by atoms with Crippen molar-refractivity contribution in [3.63, 3.8) is 0 Å². The van der Waals surface area contributed by atoms with Crippen LogP contribution in [0.4, 0.5) is 11.8 Å². The number of aromatic nitrogens is 4. The molecule has 1 aliphatic carbocycles. The van der Waals surface area contributed by atoms with Gasteiger partial charge in [0.1, 0.15) is 22.3 Å². The Kier molecular flexibility index (Phi) is 6.38. The molecule has 2 aliphatic rings. The Morgan fingerprint density at radius 3 is 2.42 bits per heavy atom. The number of rotatable bonds is 6. The minimum absolute atomic E-state index is 0.0656. The van der Waals surface area contributed by atoms with E-state index in [2.05, 4.69) is 31.8 Å². The van der Waals surface area contributed by atoms with Gasteiger partial charge < -0.3 is 10.6 Å². The Morgan fingerprint density at radius 1 is 1.06 bits per heavy atom. The second-order valence-corrected chi connectivity index (χ2v) is 10.2. The SMILES string of the molecule is Cn1cc(S(=O)(=O)N2CCC(Nc3ncc(C#N)c(NC4CCCCC4)n3)CC2)cn1. The molecule has 3 heterocycles. The molecule has 2 N–H and O–H groups in total. The third kappa shape index (κ3) is 4.97. The van der Waals surface area contributed by atoms with Crippen LogP contribution >= 0.6 is 0 Å². The molecule has 2 fully saturated rings. The van der Waals surface area contributed by atoms with E-state index in [0.717, 1.165) is 12.8 Å². The fraction of sp³-hybridized carbons (Fsp3) is 0.600. The van der Waals surface area contributed by atoms with Gasteiger partial charge in [-0.25, -0.2) is 13.4 Å². The molecule has 0 amide bonds. The molecule has 0 spiro atoms. The van der Waals surface area contributed by atoms with Gasteiger partial charge in [-0.15, -0.1) is 0 Å². The first kappa shape index (κ1) is 21.5. The minimum Gasteiger partial charge on any atom is -0.366 e. The Bertz CT molecular complexity index is 1050. The molecular formula is C20H28N8O2S. The summed E-state index contributed by atoms with van der Waals surface area (Å²) in [5.41, 5.74) is 0.438. The van der Waals surface area contributed by atoms with Gasteiger partial charge in [0.25, 0.3) is 0 Å². The van der Waals surface area contributed by atoms with Crippen LogP contribution in [-0.4, -0.2) is 57.6 Å². The molecule has 1 saturated heterocycles. The van der Waals surface area contributed by atoms with Gasteiger partial charge in [0.05, 0.1) is 12.4 Å². The topological polar surface area (TPSA) is 129 Å². The number of sulfonamides is 1. The molecule has 0 bridgehead atoms. The minimum atomic E-state index is -3.52. The van der Waals surface area contributed by atoms with Crippen molar-refractivity contribution in [1.82, 2.24) is 24.1 Å². The van der Waals surface area contributed by atoms with E-state index in [4.69, 9.17) is 0 Å². The van der Waals surface area contributed by atoms with Crippen LogP contribution in [0.15, 0.2) is 23.5 Å². The van der Waals surface area contributed by atoms with Gasteiger partial charge in [0, 0.05) is 38.4 Å². The van der Waals surface area contributed by atoms with E-state index in [1.807, 2.05) is 0 Å². The Hall–Kier alpha value is -2.71. The van der Waals surface area contributed by atoms with Crippen molar-refractivity contribution >= 4 is 21.8 Å². The number of nitrogens with one attached hydrogen (secondary N) is 2. The summed E-state index contributed by atoms with van der Waals surface area (Å²) in [7, 11) is -1.83. The highest BCUT2D eigenvalue weighted by atomic mass is 32.2. The van der Waals surface area contributed by atoms with E-state index in [0.29, 0.717) is 49.3 Å². The zero-order chi connectivity index (χ0) is 21.8. The Morgan fingerprint density at radius 2 is 1.77 bits per heavy atom. The van der Waals surface area contributed by atoms with Gasteiger partial charge in [-0.2, -0.15) is 19.6 Å². The molecule has 1 saturated carbocycles. The number of hydrogen-bond acceptors (Lipinski definition) is 8. The molecule has 4 rings (SSSR count). The summed E-state index contributed by atoms with van der Waals surface area (Å²) in [4.78, 5) is 9.06. The summed E-state index contributed by atoms with van der Waals surface area (Å²) in [6, 6.07) is 2.56. The lowest BCUT2D eigenvalue weighted by Crippen LogP contribution is -2.42. The molecule has 0 atom stereocenters. The van der Waals surface area contributed by atoms with Crippen molar-refractivity contribution in [1.29, 1.82) is 5.26 Å². The smallest absolute Gasteiger partial charge is 0.246 e. The fourth-order valence-electron chi connectivity index (χ4n) is 4.19. The summed E-state index contributed by atoms with van der Waals surface area (Å²) in [6.45, 7) is 0.830. The van der Waals surface area contributed by atoms with Crippen LogP contribution in [0, 0.1) is 11.3 Å². The molecule has 31 heavy (non-hydrogen) atoms. The van der Waals surface area contributed by atoms with Crippen LogP contribution < -0.4 is 10.6 Å². The van der Waals surface area contributed by atoms with E-state index in [1.165, 1.54) is 40.6 Å². The highest BCUT2D eigenvalue weighted by molar-refractivity contribution is 7.89. The fourth-order valence-corrected chi connectivity index (χ4v) is 5.64. The maximum absolute atomic E-state index is 12.8. The number of aryl methyl sites for hydroxylation is 1. The lowest BCUT2D eigenvalue weighted by Gasteiger charge is -2.31. The largest absolute Gasteiger partial charge is 0.366 e. The molecule has 2 aromatic rings. The monoisotopic (exact) mass is 444 g/mol.